The minimum absolute atomic E-state index is 0.0903. The van der Waals surface area contributed by atoms with Crippen LogP contribution in [0.15, 0.2) is 17.9 Å². The Hall–Kier alpha value is -1.36. The van der Waals surface area contributed by atoms with Crippen molar-refractivity contribution in [2.45, 2.75) is 26.2 Å². The lowest BCUT2D eigenvalue weighted by Crippen LogP contribution is -2.31. The smallest absolute Gasteiger partial charge is 0.225 e. The summed E-state index contributed by atoms with van der Waals surface area (Å²) in [4.78, 5) is 19.7. The van der Waals surface area contributed by atoms with Crippen molar-refractivity contribution >= 4 is 22.1 Å². The zero-order chi connectivity index (χ0) is 12.7. The van der Waals surface area contributed by atoms with E-state index in [9.17, 15) is 4.79 Å². The van der Waals surface area contributed by atoms with E-state index < -0.39 is 0 Å². The Balaban J connectivity index is 1.80. The molecule has 2 aromatic heterocycles. The van der Waals surface area contributed by atoms with E-state index in [1.807, 2.05) is 31.3 Å². The lowest BCUT2D eigenvalue weighted by atomic mass is 10.1. The van der Waals surface area contributed by atoms with Crippen molar-refractivity contribution in [1.29, 1.82) is 0 Å². The van der Waals surface area contributed by atoms with Crippen LogP contribution >= 0.6 is 11.3 Å². The van der Waals surface area contributed by atoms with Crippen LogP contribution < -0.4 is 0 Å². The van der Waals surface area contributed by atoms with E-state index >= 15 is 0 Å². The first kappa shape index (κ1) is 11.7. The summed E-state index contributed by atoms with van der Waals surface area (Å²) >= 11 is 1.72. The summed E-state index contributed by atoms with van der Waals surface area (Å²) in [5.74, 6) is 0.753. The lowest BCUT2D eigenvalue weighted by molar-refractivity contribution is -0.133. The van der Waals surface area contributed by atoms with Crippen LogP contribution in [0.4, 0.5) is 0 Å². The third-order valence-corrected chi connectivity index (χ3v) is 4.46. The number of carbonyl (C=O) groups is 1. The first-order valence-electron chi connectivity index (χ1n) is 6.35. The normalized spacial score (nSPS) is 20.2. The molecule has 2 aromatic rings. The molecule has 0 aliphatic carbocycles. The summed E-state index contributed by atoms with van der Waals surface area (Å²) in [5, 5.41) is 2.08. The van der Waals surface area contributed by atoms with Gasteiger partial charge >= 0.3 is 0 Å². The highest BCUT2D eigenvalue weighted by atomic mass is 32.1. The number of thiazole rings is 1. The summed E-state index contributed by atoms with van der Waals surface area (Å²) in [5.41, 5.74) is 1.16. The van der Waals surface area contributed by atoms with Gasteiger partial charge in [-0.25, -0.2) is 4.98 Å². The van der Waals surface area contributed by atoms with Gasteiger partial charge in [0, 0.05) is 36.5 Å². The third kappa shape index (κ3) is 1.82. The van der Waals surface area contributed by atoms with Gasteiger partial charge < -0.3 is 4.90 Å². The second kappa shape index (κ2) is 4.39. The standard InChI is InChI=1S/C13H17N3OS/c1-9(2)12(17)15-4-3-10(7-15)11-13-16(8-14-11)5-6-18-13/h5-6,8-10H,3-4,7H2,1-2H3/t10-/m0/s1. The van der Waals surface area contributed by atoms with Gasteiger partial charge in [-0.2, -0.15) is 0 Å². The molecule has 4 nitrogen and oxygen atoms in total. The maximum absolute atomic E-state index is 12.0. The zero-order valence-corrected chi connectivity index (χ0v) is 11.5. The number of nitrogens with zero attached hydrogens (tertiary/aromatic N) is 3. The zero-order valence-electron chi connectivity index (χ0n) is 10.7. The third-order valence-electron chi connectivity index (χ3n) is 3.56. The van der Waals surface area contributed by atoms with E-state index in [-0.39, 0.29) is 11.8 Å². The highest BCUT2D eigenvalue weighted by Gasteiger charge is 2.30. The molecule has 3 rings (SSSR count). The average molecular weight is 263 g/mol. The molecule has 96 valence electrons. The Morgan fingerprint density at radius 2 is 2.39 bits per heavy atom. The molecule has 1 amide bonds. The van der Waals surface area contributed by atoms with Gasteiger partial charge in [0.1, 0.15) is 11.2 Å². The van der Waals surface area contributed by atoms with Gasteiger partial charge in [0.2, 0.25) is 5.91 Å². The molecule has 0 spiro atoms. The number of imidazole rings is 1. The number of carbonyl (C=O) groups excluding carboxylic acids is 1. The molecule has 18 heavy (non-hydrogen) atoms. The van der Waals surface area contributed by atoms with Gasteiger partial charge in [0.25, 0.3) is 0 Å². The van der Waals surface area contributed by atoms with Crippen molar-refractivity contribution in [2.75, 3.05) is 13.1 Å². The fraction of sp³-hybridized carbons (Fsp3) is 0.538. The molecular formula is C13H17N3OS. The molecule has 1 aliphatic rings. The maximum atomic E-state index is 12.0. The molecule has 1 saturated heterocycles. The molecule has 0 saturated carbocycles. The SMILES string of the molecule is CC(C)C(=O)N1CC[C@H](c2ncn3ccsc23)C1. The number of hydrogen-bond donors (Lipinski definition) is 0. The van der Waals surface area contributed by atoms with E-state index in [2.05, 4.69) is 14.8 Å². The van der Waals surface area contributed by atoms with Crippen molar-refractivity contribution in [3.8, 4) is 0 Å². The van der Waals surface area contributed by atoms with Gasteiger partial charge in [-0.3, -0.25) is 9.20 Å². The van der Waals surface area contributed by atoms with Crippen LogP contribution in [0.5, 0.6) is 0 Å². The monoisotopic (exact) mass is 263 g/mol. The van der Waals surface area contributed by atoms with E-state index in [1.54, 1.807) is 11.3 Å². The number of rotatable bonds is 2. The molecule has 0 radical (unpaired) electrons. The van der Waals surface area contributed by atoms with Crippen molar-refractivity contribution < 1.29 is 4.79 Å². The molecular weight excluding hydrogens is 246 g/mol. The van der Waals surface area contributed by atoms with Gasteiger partial charge in [0.15, 0.2) is 0 Å². The average Bonchev–Trinajstić information content (AvgIpc) is 3.02. The highest BCUT2D eigenvalue weighted by molar-refractivity contribution is 7.15. The van der Waals surface area contributed by atoms with Crippen molar-refractivity contribution in [3.05, 3.63) is 23.6 Å². The second-order valence-electron chi connectivity index (χ2n) is 5.17. The van der Waals surface area contributed by atoms with E-state index in [0.717, 1.165) is 25.2 Å². The van der Waals surface area contributed by atoms with E-state index in [1.165, 1.54) is 4.83 Å². The molecule has 5 heteroatoms. The van der Waals surface area contributed by atoms with Gasteiger partial charge in [-0.15, -0.1) is 11.3 Å². The summed E-state index contributed by atoms with van der Waals surface area (Å²) in [6, 6.07) is 0. The number of likely N-dealkylation sites (tertiary alicyclic amines) is 1. The van der Waals surface area contributed by atoms with Crippen molar-refractivity contribution in [2.24, 2.45) is 5.92 Å². The Morgan fingerprint density at radius 1 is 1.56 bits per heavy atom. The molecule has 0 aromatic carbocycles. The summed E-state index contributed by atoms with van der Waals surface area (Å²) in [6.45, 7) is 5.61. The van der Waals surface area contributed by atoms with Crippen LogP contribution in [-0.2, 0) is 4.79 Å². The summed E-state index contributed by atoms with van der Waals surface area (Å²) < 4.78 is 2.06. The molecule has 3 heterocycles. The highest BCUT2D eigenvalue weighted by Crippen LogP contribution is 2.31. The van der Waals surface area contributed by atoms with Crippen LogP contribution in [0, 0.1) is 5.92 Å². The fourth-order valence-electron chi connectivity index (χ4n) is 2.58. The Morgan fingerprint density at radius 3 is 3.17 bits per heavy atom. The number of fused-ring (bicyclic) bond motifs is 1. The van der Waals surface area contributed by atoms with Gasteiger partial charge in [-0.1, -0.05) is 13.8 Å². The van der Waals surface area contributed by atoms with Gasteiger partial charge in [-0.05, 0) is 6.42 Å². The largest absolute Gasteiger partial charge is 0.342 e. The number of hydrogen-bond acceptors (Lipinski definition) is 3. The Bertz CT molecular complexity index is 572. The van der Waals surface area contributed by atoms with Crippen LogP contribution in [-0.4, -0.2) is 33.3 Å². The Kier molecular flexibility index (Phi) is 2.86. The minimum atomic E-state index is 0.0903. The lowest BCUT2D eigenvalue weighted by Gasteiger charge is -2.18. The molecule has 1 aliphatic heterocycles. The fourth-order valence-corrected chi connectivity index (χ4v) is 3.47. The molecule has 1 fully saturated rings. The predicted molar refractivity (Wildman–Crippen MR) is 71.8 cm³/mol. The quantitative estimate of drug-likeness (QED) is 0.834. The van der Waals surface area contributed by atoms with Crippen molar-refractivity contribution in [3.63, 3.8) is 0 Å². The van der Waals surface area contributed by atoms with Crippen LogP contribution in [0.1, 0.15) is 31.9 Å². The van der Waals surface area contributed by atoms with Gasteiger partial charge in [0.05, 0.1) is 5.69 Å². The topological polar surface area (TPSA) is 37.6 Å². The second-order valence-corrected chi connectivity index (χ2v) is 6.06. The first-order chi connectivity index (χ1) is 8.66. The Labute approximate surface area is 110 Å². The molecule has 0 N–H and O–H groups in total. The molecule has 0 bridgehead atoms. The summed E-state index contributed by atoms with van der Waals surface area (Å²) in [7, 11) is 0. The van der Waals surface area contributed by atoms with Crippen LogP contribution in [0.2, 0.25) is 0 Å². The number of amides is 1. The summed E-state index contributed by atoms with van der Waals surface area (Å²) in [6.07, 6.45) is 4.93. The van der Waals surface area contributed by atoms with E-state index in [4.69, 9.17) is 0 Å². The molecule has 1 atom stereocenters. The van der Waals surface area contributed by atoms with E-state index in [0.29, 0.717) is 5.92 Å². The predicted octanol–water partition coefficient (Wildman–Crippen LogP) is 2.37. The molecule has 0 unspecified atom stereocenters. The van der Waals surface area contributed by atoms with Crippen molar-refractivity contribution in [1.82, 2.24) is 14.3 Å². The first-order valence-corrected chi connectivity index (χ1v) is 7.23. The minimum Gasteiger partial charge on any atom is -0.342 e. The number of aromatic nitrogens is 2. The van der Waals surface area contributed by atoms with Crippen LogP contribution in [0.3, 0.4) is 0 Å². The van der Waals surface area contributed by atoms with Crippen LogP contribution in [0.25, 0.3) is 4.83 Å². The maximum Gasteiger partial charge on any atom is 0.225 e.